The minimum atomic E-state index is -4.20. The summed E-state index contributed by atoms with van der Waals surface area (Å²) in [6, 6.07) is 0. The van der Waals surface area contributed by atoms with E-state index >= 15 is 0 Å². The van der Waals surface area contributed by atoms with Crippen molar-refractivity contribution in [1.82, 2.24) is 10.2 Å². The van der Waals surface area contributed by atoms with Crippen LogP contribution in [-0.2, 0) is 4.79 Å². The van der Waals surface area contributed by atoms with Crippen LogP contribution in [0.3, 0.4) is 0 Å². The Balaban J connectivity index is 0.00000324. The van der Waals surface area contributed by atoms with E-state index in [1.807, 2.05) is 0 Å². The zero-order chi connectivity index (χ0) is 13.8. The minimum absolute atomic E-state index is 0. The van der Waals surface area contributed by atoms with Crippen LogP contribution in [0.5, 0.6) is 0 Å². The standard InChI is InChI=1S/C12H21F3N2O.ClH/c1-9(7-16-2)11(18)17(8-10-3-4-10)6-5-12(13,14)15;/h9-10,16H,3-8H2,1-2H3;1H. The highest BCUT2D eigenvalue weighted by atomic mass is 35.5. The smallest absolute Gasteiger partial charge is 0.342 e. The summed E-state index contributed by atoms with van der Waals surface area (Å²) in [5, 5.41) is 2.87. The highest BCUT2D eigenvalue weighted by Gasteiger charge is 2.33. The second-order valence-corrected chi connectivity index (χ2v) is 5.05. The highest BCUT2D eigenvalue weighted by Crippen LogP contribution is 2.31. The lowest BCUT2D eigenvalue weighted by Gasteiger charge is -2.26. The van der Waals surface area contributed by atoms with Gasteiger partial charge in [-0.05, 0) is 25.8 Å². The van der Waals surface area contributed by atoms with Crippen LogP contribution in [-0.4, -0.2) is 43.7 Å². The number of amides is 1. The molecule has 1 rings (SSSR count). The van der Waals surface area contributed by atoms with Crippen LogP contribution < -0.4 is 5.32 Å². The molecule has 1 fully saturated rings. The average Bonchev–Trinajstić information content (AvgIpc) is 3.06. The molecule has 1 aliphatic carbocycles. The lowest BCUT2D eigenvalue weighted by Crippen LogP contribution is -2.41. The van der Waals surface area contributed by atoms with Gasteiger partial charge in [-0.25, -0.2) is 0 Å². The largest absolute Gasteiger partial charge is 0.390 e. The van der Waals surface area contributed by atoms with Gasteiger partial charge in [0, 0.05) is 25.6 Å². The van der Waals surface area contributed by atoms with Gasteiger partial charge in [0.05, 0.1) is 6.42 Å². The molecular weight excluding hydrogens is 281 g/mol. The van der Waals surface area contributed by atoms with Crippen molar-refractivity contribution < 1.29 is 18.0 Å². The molecule has 0 aliphatic heterocycles. The Morgan fingerprint density at radius 3 is 2.42 bits per heavy atom. The molecule has 7 heteroatoms. The van der Waals surface area contributed by atoms with E-state index in [0.717, 1.165) is 12.8 Å². The first-order valence-electron chi connectivity index (χ1n) is 6.33. The molecule has 0 aromatic carbocycles. The number of alkyl halides is 3. The Morgan fingerprint density at radius 1 is 1.42 bits per heavy atom. The van der Waals surface area contributed by atoms with Crippen LogP contribution in [0.4, 0.5) is 13.2 Å². The minimum Gasteiger partial charge on any atom is -0.342 e. The van der Waals surface area contributed by atoms with Crippen LogP contribution in [0.15, 0.2) is 0 Å². The van der Waals surface area contributed by atoms with Crippen molar-refractivity contribution in [3.8, 4) is 0 Å². The molecule has 0 saturated heterocycles. The fourth-order valence-electron chi connectivity index (χ4n) is 1.87. The monoisotopic (exact) mass is 302 g/mol. The summed E-state index contributed by atoms with van der Waals surface area (Å²) < 4.78 is 36.7. The zero-order valence-electron chi connectivity index (χ0n) is 11.3. The summed E-state index contributed by atoms with van der Waals surface area (Å²) in [5.74, 6) is -0.0496. The first-order valence-corrected chi connectivity index (χ1v) is 6.33. The van der Waals surface area contributed by atoms with Crippen molar-refractivity contribution in [2.24, 2.45) is 11.8 Å². The van der Waals surface area contributed by atoms with Gasteiger partial charge in [0.1, 0.15) is 0 Å². The van der Waals surface area contributed by atoms with Crippen molar-refractivity contribution in [3.05, 3.63) is 0 Å². The topological polar surface area (TPSA) is 32.3 Å². The third-order valence-corrected chi connectivity index (χ3v) is 3.08. The molecule has 0 bridgehead atoms. The predicted octanol–water partition coefficient (Wildman–Crippen LogP) is 2.45. The summed E-state index contributed by atoms with van der Waals surface area (Å²) in [4.78, 5) is 13.4. The Bertz CT molecular complexity index is 283. The summed E-state index contributed by atoms with van der Waals surface area (Å²) in [5.41, 5.74) is 0. The predicted molar refractivity (Wildman–Crippen MR) is 70.3 cm³/mol. The number of nitrogens with zero attached hydrogens (tertiary/aromatic N) is 1. The van der Waals surface area contributed by atoms with Crippen LogP contribution in [0.1, 0.15) is 26.2 Å². The van der Waals surface area contributed by atoms with Gasteiger partial charge in [0.15, 0.2) is 0 Å². The average molecular weight is 303 g/mol. The van der Waals surface area contributed by atoms with Crippen LogP contribution in [0.25, 0.3) is 0 Å². The molecule has 0 aromatic heterocycles. The number of rotatable bonds is 7. The van der Waals surface area contributed by atoms with Gasteiger partial charge >= 0.3 is 6.18 Å². The summed E-state index contributed by atoms with van der Waals surface area (Å²) in [6.07, 6.45) is -3.07. The Labute approximate surface area is 118 Å². The fourth-order valence-corrected chi connectivity index (χ4v) is 1.87. The molecule has 114 valence electrons. The van der Waals surface area contributed by atoms with E-state index in [0.29, 0.717) is 19.0 Å². The van der Waals surface area contributed by atoms with Gasteiger partial charge < -0.3 is 10.2 Å². The van der Waals surface area contributed by atoms with Crippen molar-refractivity contribution >= 4 is 18.3 Å². The maximum Gasteiger partial charge on any atom is 0.390 e. The molecule has 0 aromatic rings. The number of carbonyl (C=O) groups excluding carboxylic acids is 1. The highest BCUT2D eigenvalue weighted by molar-refractivity contribution is 5.85. The van der Waals surface area contributed by atoms with Crippen molar-refractivity contribution in [2.45, 2.75) is 32.4 Å². The number of nitrogens with one attached hydrogen (secondary N) is 1. The van der Waals surface area contributed by atoms with Crippen LogP contribution in [0, 0.1) is 11.8 Å². The van der Waals surface area contributed by atoms with E-state index in [4.69, 9.17) is 0 Å². The molecular formula is C12H22ClF3N2O. The molecule has 1 aliphatic rings. The molecule has 0 spiro atoms. The molecule has 1 saturated carbocycles. The molecule has 0 radical (unpaired) electrons. The SMILES string of the molecule is CNCC(C)C(=O)N(CCC(F)(F)F)CC1CC1.Cl. The summed E-state index contributed by atoms with van der Waals surface area (Å²) in [7, 11) is 1.73. The molecule has 0 heterocycles. The van der Waals surface area contributed by atoms with E-state index in [1.165, 1.54) is 4.90 Å². The third-order valence-electron chi connectivity index (χ3n) is 3.08. The lowest BCUT2D eigenvalue weighted by molar-refractivity contribution is -0.147. The molecule has 1 amide bonds. The van der Waals surface area contributed by atoms with Gasteiger partial charge in [-0.3, -0.25) is 4.79 Å². The van der Waals surface area contributed by atoms with Gasteiger partial charge in [0.25, 0.3) is 0 Å². The third kappa shape index (κ3) is 7.62. The normalized spacial score (nSPS) is 16.7. The molecule has 3 nitrogen and oxygen atoms in total. The summed E-state index contributed by atoms with van der Waals surface area (Å²) in [6.45, 7) is 2.49. The van der Waals surface area contributed by atoms with Gasteiger partial charge in [-0.1, -0.05) is 6.92 Å². The number of halogens is 4. The van der Waals surface area contributed by atoms with Gasteiger partial charge in [0.2, 0.25) is 5.91 Å². The van der Waals surface area contributed by atoms with E-state index in [9.17, 15) is 18.0 Å². The van der Waals surface area contributed by atoms with Crippen molar-refractivity contribution in [1.29, 1.82) is 0 Å². The fraction of sp³-hybridized carbons (Fsp3) is 0.917. The van der Waals surface area contributed by atoms with Crippen LogP contribution >= 0.6 is 12.4 Å². The second kappa shape index (κ2) is 7.94. The number of hydrogen-bond donors (Lipinski definition) is 1. The first-order chi connectivity index (χ1) is 8.33. The van der Waals surface area contributed by atoms with Gasteiger partial charge in [-0.2, -0.15) is 13.2 Å². The molecule has 1 N–H and O–H groups in total. The zero-order valence-corrected chi connectivity index (χ0v) is 12.1. The lowest BCUT2D eigenvalue weighted by atomic mass is 10.1. The van der Waals surface area contributed by atoms with Gasteiger partial charge in [-0.15, -0.1) is 12.4 Å². The molecule has 1 atom stereocenters. The van der Waals surface area contributed by atoms with Crippen molar-refractivity contribution in [3.63, 3.8) is 0 Å². The number of carbonyl (C=O) groups is 1. The van der Waals surface area contributed by atoms with Crippen LogP contribution in [0.2, 0.25) is 0 Å². The maximum atomic E-state index is 12.2. The van der Waals surface area contributed by atoms with E-state index in [2.05, 4.69) is 5.32 Å². The van der Waals surface area contributed by atoms with E-state index < -0.39 is 12.6 Å². The van der Waals surface area contributed by atoms with E-state index in [1.54, 1.807) is 14.0 Å². The Morgan fingerprint density at radius 2 is 2.00 bits per heavy atom. The maximum absolute atomic E-state index is 12.2. The first kappa shape index (κ1) is 18.5. The Hall–Kier alpha value is -0.490. The van der Waals surface area contributed by atoms with E-state index in [-0.39, 0.29) is 30.8 Å². The number of hydrogen-bond acceptors (Lipinski definition) is 2. The molecule has 19 heavy (non-hydrogen) atoms. The second-order valence-electron chi connectivity index (χ2n) is 5.05. The Kier molecular flexibility index (Phi) is 7.74. The quantitative estimate of drug-likeness (QED) is 0.783. The van der Waals surface area contributed by atoms with Crippen molar-refractivity contribution in [2.75, 3.05) is 26.7 Å². The molecule has 1 unspecified atom stereocenters. The summed E-state index contributed by atoms with van der Waals surface area (Å²) >= 11 is 0.